The van der Waals surface area contributed by atoms with Crippen molar-refractivity contribution in [3.05, 3.63) is 66.0 Å². The molecule has 132 valence electrons. The molecule has 3 rings (SSSR count). The predicted molar refractivity (Wildman–Crippen MR) is 97.0 cm³/mol. The number of benzene rings is 1. The number of rotatable bonds is 7. The van der Waals surface area contributed by atoms with Crippen molar-refractivity contribution in [1.82, 2.24) is 15.2 Å². The second-order valence-electron chi connectivity index (χ2n) is 6.27. The van der Waals surface area contributed by atoms with Gasteiger partial charge in [0.1, 0.15) is 0 Å². The van der Waals surface area contributed by atoms with Gasteiger partial charge in [-0.3, -0.25) is 9.78 Å². The van der Waals surface area contributed by atoms with Crippen molar-refractivity contribution >= 4 is 5.91 Å². The molecule has 0 saturated carbocycles. The monoisotopic (exact) mass is 339 g/mol. The maximum Gasteiger partial charge on any atom is 0.225 e. The lowest BCUT2D eigenvalue weighted by Gasteiger charge is -2.27. The highest BCUT2D eigenvalue weighted by atomic mass is 16.5. The lowest BCUT2D eigenvalue weighted by atomic mass is 10.1. The molecule has 1 atom stereocenters. The molecule has 2 heterocycles. The fraction of sp³-hybridized carbons (Fsp3) is 0.400. The van der Waals surface area contributed by atoms with Gasteiger partial charge in [0.25, 0.3) is 0 Å². The number of morpholine rings is 1. The minimum absolute atomic E-state index is 0.0378. The highest BCUT2D eigenvalue weighted by molar-refractivity contribution is 5.76. The Morgan fingerprint density at radius 1 is 1.20 bits per heavy atom. The number of aromatic nitrogens is 1. The fourth-order valence-corrected chi connectivity index (χ4v) is 2.96. The summed E-state index contributed by atoms with van der Waals surface area (Å²) in [6.45, 7) is 3.48. The third-order valence-corrected chi connectivity index (χ3v) is 4.35. The van der Waals surface area contributed by atoms with Gasteiger partial charge in [0.05, 0.1) is 31.4 Å². The first-order valence-corrected chi connectivity index (χ1v) is 8.85. The van der Waals surface area contributed by atoms with Gasteiger partial charge >= 0.3 is 0 Å². The normalized spacial score (nSPS) is 17.2. The minimum atomic E-state index is -0.0378. The number of hydrogen-bond donors (Lipinski definition) is 1. The molecule has 0 bridgehead atoms. The molecule has 1 aliphatic heterocycles. The molecule has 0 spiro atoms. The Kier molecular flexibility index (Phi) is 6.54. The highest BCUT2D eigenvalue weighted by Gasteiger charge is 2.22. The van der Waals surface area contributed by atoms with E-state index in [4.69, 9.17) is 4.74 Å². The van der Waals surface area contributed by atoms with E-state index in [0.29, 0.717) is 26.1 Å². The van der Waals surface area contributed by atoms with Crippen molar-refractivity contribution in [3.63, 3.8) is 0 Å². The van der Waals surface area contributed by atoms with Gasteiger partial charge in [0.15, 0.2) is 0 Å². The van der Waals surface area contributed by atoms with Crippen molar-refractivity contribution in [3.8, 4) is 0 Å². The Hall–Kier alpha value is -2.24. The number of hydrogen-bond acceptors (Lipinski definition) is 4. The summed E-state index contributed by atoms with van der Waals surface area (Å²) in [4.78, 5) is 19.1. The summed E-state index contributed by atoms with van der Waals surface area (Å²) in [6.07, 6.45) is 2.98. The maximum absolute atomic E-state index is 12.8. The Balaban J connectivity index is 1.63. The number of nitrogens with zero attached hydrogens (tertiary/aromatic N) is 2. The van der Waals surface area contributed by atoms with E-state index in [0.717, 1.165) is 25.2 Å². The molecule has 1 N–H and O–H groups in total. The Morgan fingerprint density at radius 2 is 2.04 bits per heavy atom. The van der Waals surface area contributed by atoms with Crippen molar-refractivity contribution < 1.29 is 9.53 Å². The smallest absolute Gasteiger partial charge is 0.225 e. The van der Waals surface area contributed by atoms with Gasteiger partial charge < -0.3 is 15.0 Å². The lowest BCUT2D eigenvalue weighted by Crippen LogP contribution is -2.42. The summed E-state index contributed by atoms with van der Waals surface area (Å²) in [6, 6.07) is 16.1. The molecule has 5 heteroatoms. The summed E-state index contributed by atoms with van der Waals surface area (Å²) < 4.78 is 5.69. The highest BCUT2D eigenvalue weighted by Crippen LogP contribution is 2.10. The number of ether oxygens (including phenoxy) is 1. The molecule has 25 heavy (non-hydrogen) atoms. The van der Waals surface area contributed by atoms with Crippen LogP contribution in [-0.2, 0) is 22.5 Å². The van der Waals surface area contributed by atoms with Crippen molar-refractivity contribution in [2.45, 2.75) is 25.5 Å². The van der Waals surface area contributed by atoms with Crippen LogP contribution in [0.5, 0.6) is 0 Å². The van der Waals surface area contributed by atoms with E-state index in [1.54, 1.807) is 6.20 Å². The fourth-order valence-electron chi connectivity index (χ4n) is 2.96. The van der Waals surface area contributed by atoms with Crippen LogP contribution >= 0.6 is 0 Å². The van der Waals surface area contributed by atoms with Gasteiger partial charge in [-0.1, -0.05) is 36.4 Å². The van der Waals surface area contributed by atoms with E-state index in [2.05, 4.69) is 22.4 Å². The summed E-state index contributed by atoms with van der Waals surface area (Å²) in [5.74, 6) is 0.121. The first kappa shape index (κ1) is 17.6. The summed E-state index contributed by atoms with van der Waals surface area (Å²) >= 11 is 0. The number of carbonyl (C=O) groups is 1. The molecular formula is C20H25N3O2. The van der Waals surface area contributed by atoms with Gasteiger partial charge in [0, 0.05) is 25.8 Å². The van der Waals surface area contributed by atoms with Crippen LogP contribution < -0.4 is 5.32 Å². The zero-order valence-electron chi connectivity index (χ0n) is 14.4. The van der Waals surface area contributed by atoms with Crippen LogP contribution in [0.25, 0.3) is 0 Å². The molecule has 0 aliphatic carbocycles. The second kappa shape index (κ2) is 9.30. The molecule has 5 nitrogen and oxygen atoms in total. The molecule has 1 aromatic carbocycles. The average molecular weight is 339 g/mol. The zero-order chi connectivity index (χ0) is 17.3. The average Bonchev–Trinajstić information content (AvgIpc) is 2.67. The number of nitrogens with one attached hydrogen (secondary N) is 1. The first-order chi connectivity index (χ1) is 12.3. The van der Waals surface area contributed by atoms with E-state index >= 15 is 0 Å². The molecular weight excluding hydrogens is 314 g/mol. The molecule has 1 aliphatic rings. The molecule has 0 unspecified atom stereocenters. The SMILES string of the molecule is O=C(C[C@@H]1CNCCO1)N(CCc1ccccc1)Cc1ccccn1. The maximum atomic E-state index is 12.8. The molecule has 0 radical (unpaired) electrons. The number of carbonyl (C=O) groups excluding carboxylic acids is 1. The molecule has 1 saturated heterocycles. The van der Waals surface area contributed by atoms with Gasteiger partial charge in [-0.2, -0.15) is 0 Å². The minimum Gasteiger partial charge on any atom is -0.375 e. The van der Waals surface area contributed by atoms with Gasteiger partial charge in [0.2, 0.25) is 5.91 Å². The molecule has 1 amide bonds. The summed E-state index contributed by atoms with van der Waals surface area (Å²) in [7, 11) is 0. The third kappa shape index (κ3) is 5.66. The Labute approximate surface area is 149 Å². The molecule has 1 aromatic heterocycles. The van der Waals surface area contributed by atoms with Crippen LogP contribution in [-0.4, -0.2) is 48.1 Å². The second-order valence-corrected chi connectivity index (χ2v) is 6.27. The quantitative estimate of drug-likeness (QED) is 0.839. The van der Waals surface area contributed by atoms with Crippen molar-refractivity contribution in [2.24, 2.45) is 0 Å². The van der Waals surface area contributed by atoms with E-state index in [-0.39, 0.29) is 12.0 Å². The Bertz CT molecular complexity index is 643. The lowest BCUT2D eigenvalue weighted by molar-refractivity contribution is -0.135. The van der Waals surface area contributed by atoms with E-state index in [1.165, 1.54) is 5.56 Å². The van der Waals surface area contributed by atoms with Gasteiger partial charge in [-0.15, -0.1) is 0 Å². The Morgan fingerprint density at radius 3 is 2.76 bits per heavy atom. The number of pyridine rings is 1. The van der Waals surface area contributed by atoms with Crippen LogP contribution in [0, 0.1) is 0 Å². The van der Waals surface area contributed by atoms with Crippen LogP contribution in [0.1, 0.15) is 17.7 Å². The van der Waals surface area contributed by atoms with E-state index < -0.39 is 0 Å². The number of amides is 1. The van der Waals surface area contributed by atoms with Crippen LogP contribution in [0.2, 0.25) is 0 Å². The predicted octanol–water partition coefficient (Wildman–Crippen LogP) is 2.03. The summed E-state index contributed by atoms with van der Waals surface area (Å²) in [5.41, 5.74) is 2.14. The van der Waals surface area contributed by atoms with Crippen LogP contribution in [0.15, 0.2) is 54.7 Å². The standard InChI is InChI=1S/C20H25N3O2/c24-20(14-19-15-21-11-13-25-19)23(16-18-8-4-5-10-22-18)12-9-17-6-2-1-3-7-17/h1-8,10,19,21H,9,11-16H2/t19-/m1/s1. The van der Waals surface area contributed by atoms with Crippen LogP contribution in [0.3, 0.4) is 0 Å². The third-order valence-electron chi connectivity index (χ3n) is 4.35. The first-order valence-electron chi connectivity index (χ1n) is 8.85. The largest absolute Gasteiger partial charge is 0.375 e. The molecule has 2 aromatic rings. The topological polar surface area (TPSA) is 54.5 Å². The van der Waals surface area contributed by atoms with E-state index in [9.17, 15) is 4.79 Å². The summed E-state index contributed by atoms with van der Waals surface area (Å²) in [5, 5.41) is 3.28. The van der Waals surface area contributed by atoms with Crippen molar-refractivity contribution in [2.75, 3.05) is 26.2 Å². The van der Waals surface area contributed by atoms with E-state index in [1.807, 2.05) is 41.3 Å². The van der Waals surface area contributed by atoms with Gasteiger partial charge in [-0.25, -0.2) is 0 Å². The van der Waals surface area contributed by atoms with Crippen molar-refractivity contribution in [1.29, 1.82) is 0 Å². The van der Waals surface area contributed by atoms with Crippen LogP contribution in [0.4, 0.5) is 0 Å². The van der Waals surface area contributed by atoms with Gasteiger partial charge in [-0.05, 0) is 24.1 Å². The zero-order valence-corrected chi connectivity index (χ0v) is 14.4. The molecule has 1 fully saturated rings.